The van der Waals surface area contributed by atoms with Crippen molar-refractivity contribution in [2.45, 2.75) is 0 Å². The first-order valence-electron chi connectivity index (χ1n) is 15.3. The molecule has 0 unspecified atom stereocenters. The minimum absolute atomic E-state index is 0. The molecular formula is C40H22N6OPt. The zero-order valence-electron chi connectivity index (χ0n) is 25.1. The number of imidazole rings is 2. The molecule has 8 heteroatoms. The Morgan fingerprint density at radius 2 is 1.17 bits per heavy atom. The van der Waals surface area contributed by atoms with E-state index in [4.69, 9.17) is 14.7 Å². The molecule has 0 aliphatic heterocycles. The number of nitrogens with zero attached hydrogens (tertiary/aromatic N) is 6. The van der Waals surface area contributed by atoms with Crippen molar-refractivity contribution in [1.29, 1.82) is 0 Å². The molecule has 6 aromatic heterocycles. The third kappa shape index (κ3) is 4.32. The molecule has 0 saturated heterocycles. The SMILES string of the molecule is [Pt+2].[c-]1c(Oc2[c-]c3c(cc2)c2ccc(-c4ccccc4)nc2n2c(-c4ccccc4)cnc32)ccc2c1c1nccn1c1ncccc21. The van der Waals surface area contributed by atoms with Crippen LogP contribution in [-0.4, -0.2) is 28.7 Å². The zero-order valence-corrected chi connectivity index (χ0v) is 27.4. The summed E-state index contributed by atoms with van der Waals surface area (Å²) in [6, 6.07) is 43.8. The summed E-state index contributed by atoms with van der Waals surface area (Å²) in [7, 11) is 0. The van der Waals surface area contributed by atoms with Gasteiger partial charge in [0.15, 0.2) is 0 Å². The van der Waals surface area contributed by atoms with Gasteiger partial charge < -0.3 is 13.5 Å². The van der Waals surface area contributed by atoms with Crippen molar-refractivity contribution in [3.05, 3.63) is 146 Å². The average Bonchev–Trinajstić information content (AvgIpc) is 3.82. The number of rotatable bonds is 4. The molecule has 0 aliphatic carbocycles. The molecule has 228 valence electrons. The van der Waals surface area contributed by atoms with Crippen LogP contribution in [0.1, 0.15) is 0 Å². The fraction of sp³-hybridized carbons (Fsp3) is 0. The third-order valence-electron chi connectivity index (χ3n) is 8.73. The maximum Gasteiger partial charge on any atom is 2.00 e. The van der Waals surface area contributed by atoms with Crippen molar-refractivity contribution in [2.75, 3.05) is 0 Å². The van der Waals surface area contributed by atoms with Gasteiger partial charge in [-0.25, -0.2) is 9.97 Å². The monoisotopic (exact) mass is 797 g/mol. The van der Waals surface area contributed by atoms with E-state index < -0.39 is 0 Å². The fourth-order valence-corrected chi connectivity index (χ4v) is 6.60. The first-order chi connectivity index (χ1) is 23.3. The van der Waals surface area contributed by atoms with Crippen LogP contribution in [0, 0.1) is 12.1 Å². The van der Waals surface area contributed by atoms with Gasteiger partial charge in [-0.2, -0.15) is 0 Å². The largest absolute Gasteiger partial charge is 2.00 e. The summed E-state index contributed by atoms with van der Waals surface area (Å²) in [6.45, 7) is 0. The predicted octanol–water partition coefficient (Wildman–Crippen LogP) is 9.11. The molecule has 0 radical (unpaired) electrons. The van der Waals surface area contributed by atoms with E-state index in [1.54, 1.807) is 12.4 Å². The number of pyridine rings is 4. The molecule has 0 N–H and O–H groups in total. The molecule has 7 nitrogen and oxygen atoms in total. The van der Waals surface area contributed by atoms with E-state index in [9.17, 15) is 0 Å². The Balaban J connectivity index is 0.00000314. The Kier molecular flexibility index (Phi) is 6.56. The van der Waals surface area contributed by atoms with Gasteiger partial charge in [0.2, 0.25) is 0 Å². The van der Waals surface area contributed by atoms with Crippen LogP contribution in [0.2, 0.25) is 0 Å². The van der Waals surface area contributed by atoms with Gasteiger partial charge in [0, 0.05) is 41.8 Å². The van der Waals surface area contributed by atoms with Crippen molar-refractivity contribution < 1.29 is 25.8 Å². The van der Waals surface area contributed by atoms with E-state index in [1.165, 1.54) is 0 Å². The summed E-state index contributed by atoms with van der Waals surface area (Å²) in [6.07, 6.45) is 7.41. The van der Waals surface area contributed by atoms with E-state index in [-0.39, 0.29) is 21.1 Å². The maximum absolute atomic E-state index is 6.45. The minimum Gasteiger partial charge on any atom is -0.497 e. The van der Waals surface area contributed by atoms with E-state index in [0.29, 0.717) is 11.5 Å². The van der Waals surface area contributed by atoms with Crippen LogP contribution in [0.25, 0.3) is 77.4 Å². The van der Waals surface area contributed by atoms with Gasteiger partial charge in [-0.1, -0.05) is 119 Å². The molecule has 0 bridgehead atoms. The van der Waals surface area contributed by atoms with Gasteiger partial charge in [-0.05, 0) is 28.5 Å². The van der Waals surface area contributed by atoms with Crippen molar-refractivity contribution in [3.8, 4) is 34.0 Å². The number of ether oxygens (including phenoxy) is 1. The number of fused-ring (bicyclic) bond motifs is 12. The molecule has 0 saturated carbocycles. The van der Waals surface area contributed by atoms with E-state index >= 15 is 0 Å². The Bertz CT molecular complexity index is 2830. The standard InChI is InChI=1S/C40H22N6O.Pt/c1-3-8-25(9-4-1)35-18-17-32-30-16-14-28(23-34(30)39-43-24-36(46(39)40(32)44-35)26-10-5-2-6-11-26)47-27-13-15-29-31-12-7-19-41-37(31)45-21-20-42-38(45)33(29)22-27;/h1-21,24H;/q-2;+2. The quantitative estimate of drug-likeness (QED) is 0.131. The molecule has 48 heavy (non-hydrogen) atoms. The van der Waals surface area contributed by atoms with Gasteiger partial charge >= 0.3 is 21.1 Å². The smallest absolute Gasteiger partial charge is 0.497 e. The Morgan fingerprint density at radius 1 is 0.521 bits per heavy atom. The normalized spacial score (nSPS) is 11.6. The molecule has 0 atom stereocenters. The Hall–Kier alpha value is -5.91. The van der Waals surface area contributed by atoms with Crippen molar-refractivity contribution in [3.63, 3.8) is 0 Å². The van der Waals surface area contributed by atoms with Crippen LogP contribution in [-0.2, 0) is 21.1 Å². The van der Waals surface area contributed by atoms with Gasteiger partial charge in [0.1, 0.15) is 11.3 Å². The summed E-state index contributed by atoms with van der Waals surface area (Å²) < 4.78 is 10.6. The maximum atomic E-state index is 6.45. The summed E-state index contributed by atoms with van der Waals surface area (Å²) in [4.78, 5) is 19.3. The topological polar surface area (TPSA) is 69.6 Å². The van der Waals surface area contributed by atoms with Crippen LogP contribution in [0.4, 0.5) is 0 Å². The minimum atomic E-state index is 0. The van der Waals surface area contributed by atoms with Crippen LogP contribution < -0.4 is 4.74 Å². The second-order valence-corrected chi connectivity index (χ2v) is 11.4. The summed E-state index contributed by atoms with van der Waals surface area (Å²) in [5, 5.41) is 5.76. The number of hydrogen-bond acceptors (Lipinski definition) is 5. The molecule has 10 rings (SSSR count). The fourth-order valence-electron chi connectivity index (χ4n) is 6.60. The molecule has 0 spiro atoms. The van der Waals surface area contributed by atoms with Gasteiger partial charge in [0.05, 0.1) is 22.7 Å². The zero-order chi connectivity index (χ0) is 30.9. The second kappa shape index (κ2) is 11.1. The van der Waals surface area contributed by atoms with Crippen molar-refractivity contribution in [2.24, 2.45) is 0 Å². The number of benzene rings is 4. The van der Waals surface area contributed by atoms with Crippen LogP contribution in [0.15, 0.2) is 134 Å². The van der Waals surface area contributed by atoms with Crippen molar-refractivity contribution in [1.82, 2.24) is 28.7 Å². The Labute approximate surface area is 288 Å². The summed E-state index contributed by atoms with van der Waals surface area (Å²) >= 11 is 0. The summed E-state index contributed by atoms with van der Waals surface area (Å²) in [5.74, 6) is 1.13. The first kappa shape index (κ1) is 28.3. The van der Waals surface area contributed by atoms with E-state index in [1.807, 2.05) is 77.5 Å². The molecule has 6 heterocycles. The second-order valence-electron chi connectivity index (χ2n) is 11.4. The molecule has 0 amide bonds. The van der Waals surface area contributed by atoms with Gasteiger partial charge in [-0.15, -0.1) is 12.1 Å². The van der Waals surface area contributed by atoms with E-state index in [2.05, 4.69) is 75.0 Å². The summed E-state index contributed by atoms with van der Waals surface area (Å²) in [5.41, 5.74) is 7.20. The first-order valence-corrected chi connectivity index (χ1v) is 15.3. The number of hydrogen-bond donors (Lipinski definition) is 0. The Morgan fingerprint density at radius 3 is 1.92 bits per heavy atom. The molecule has 10 aromatic rings. The number of aromatic nitrogens is 6. The predicted molar refractivity (Wildman–Crippen MR) is 185 cm³/mol. The van der Waals surface area contributed by atoms with Gasteiger partial charge in [-0.3, -0.25) is 9.97 Å². The molecular weight excluding hydrogens is 776 g/mol. The van der Waals surface area contributed by atoms with E-state index in [0.717, 1.165) is 77.4 Å². The van der Waals surface area contributed by atoms with Crippen LogP contribution >= 0.6 is 0 Å². The molecule has 4 aromatic carbocycles. The van der Waals surface area contributed by atoms with Crippen LogP contribution in [0.5, 0.6) is 11.5 Å². The van der Waals surface area contributed by atoms with Crippen LogP contribution in [0.3, 0.4) is 0 Å². The average molecular weight is 798 g/mol. The van der Waals surface area contributed by atoms with Gasteiger partial charge in [0.25, 0.3) is 0 Å². The van der Waals surface area contributed by atoms with Crippen molar-refractivity contribution >= 4 is 54.9 Å². The molecule has 0 aliphatic rings. The third-order valence-corrected chi connectivity index (χ3v) is 8.73. The molecule has 0 fully saturated rings.